The van der Waals surface area contributed by atoms with E-state index in [0.717, 1.165) is 33.5 Å². The van der Waals surface area contributed by atoms with Gasteiger partial charge in [0.25, 0.3) is 0 Å². The van der Waals surface area contributed by atoms with Crippen molar-refractivity contribution in [2.24, 2.45) is 0 Å². The lowest BCUT2D eigenvalue weighted by Gasteiger charge is -2.13. The number of carbonyl (C=O) groups excluding carboxylic acids is 1. The van der Waals surface area contributed by atoms with Gasteiger partial charge in [-0.05, 0) is 22.8 Å². The maximum absolute atomic E-state index is 13.0. The van der Waals surface area contributed by atoms with Gasteiger partial charge in [-0.25, -0.2) is 9.97 Å². The SMILES string of the molecule is O=C(Cc1ccc(OCc2ccccc2)nc1)Cc1c(-c2ccccc2)ccc2cncn12. The molecule has 162 valence electrons. The highest BCUT2D eigenvalue weighted by Crippen LogP contribution is 2.26. The Hall–Kier alpha value is -4.25. The molecule has 0 spiro atoms. The number of pyridine rings is 2. The summed E-state index contributed by atoms with van der Waals surface area (Å²) in [6, 6.07) is 27.9. The van der Waals surface area contributed by atoms with Crippen molar-refractivity contribution in [1.29, 1.82) is 0 Å². The summed E-state index contributed by atoms with van der Waals surface area (Å²) in [6.07, 6.45) is 5.91. The lowest BCUT2D eigenvalue weighted by atomic mass is 9.98. The molecule has 5 aromatic rings. The summed E-state index contributed by atoms with van der Waals surface area (Å²) in [7, 11) is 0. The zero-order chi connectivity index (χ0) is 22.5. The summed E-state index contributed by atoms with van der Waals surface area (Å²) in [6.45, 7) is 0.462. The fourth-order valence-electron chi connectivity index (χ4n) is 3.92. The number of rotatable bonds is 8. The summed E-state index contributed by atoms with van der Waals surface area (Å²) in [5, 5.41) is 0. The number of fused-ring (bicyclic) bond motifs is 1. The molecule has 0 aliphatic heterocycles. The Morgan fingerprint density at radius 2 is 1.58 bits per heavy atom. The minimum absolute atomic E-state index is 0.119. The molecule has 0 saturated heterocycles. The van der Waals surface area contributed by atoms with E-state index < -0.39 is 0 Å². The summed E-state index contributed by atoms with van der Waals surface area (Å²) in [5.41, 5.74) is 5.98. The highest BCUT2D eigenvalue weighted by Gasteiger charge is 2.14. The number of Topliss-reactive ketones (excluding diaryl/α,β-unsaturated/α-hetero) is 1. The van der Waals surface area contributed by atoms with Crippen LogP contribution in [-0.4, -0.2) is 20.2 Å². The first-order valence-corrected chi connectivity index (χ1v) is 10.9. The standard InChI is InChI=1S/C28H23N3O2/c32-25(15-22-11-14-28(30-17-22)33-19-21-7-3-1-4-8-21)16-27-26(23-9-5-2-6-10-23)13-12-24-18-29-20-31(24)27/h1-14,17-18,20H,15-16,19H2. The van der Waals surface area contributed by atoms with Crippen LogP contribution in [0.15, 0.2) is 104 Å². The van der Waals surface area contributed by atoms with Crippen LogP contribution in [0.3, 0.4) is 0 Å². The molecule has 0 N–H and O–H groups in total. The van der Waals surface area contributed by atoms with Crippen molar-refractivity contribution in [3.05, 3.63) is 120 Å². The molecule has 0 aliphatic carbocycles. The monoisotopic (exact) mass is 433 g/mol. The van der Waals surface area contributed by atoms with E-state index in [1.165, 1.54) is 0 Å². The number of ether oxygens (including phenoxy) is 1. The number of hydrogen-bond acceptors (Lipinski definition) is 4. The van der Waals surface area contributed by atoms with Crippen molar-refractivity contribution in [2.75, 3.05) is 0 Å². The predicted molar refractivity (Wildman–Crippen MR) is 128 cm³/mol. The Kier molecular flexibility index (Phi) is 5.93. The van der Waals surface area contributed by atoms with Gasteiger partial charge in [0, 0.05) is 36.4 Å². The fraction of sp³-hybridized carbons (Fsp3) is 0.107. The minimum Gasteiger partial charge on any atom is -0.473 e. The number of nitrogens with zero attached hydrogens (tertiary/aromatic N) is 3. The van der Waals surface area contributed by atoms with Crippen molar-refractivity contribution in [2.45, 2.75) is 19.4 Å². The second-order valence-corrected chi connectivity index (χ2v) is 7.92. The third-order valence-electron chi connectivity index (χ3n) is 5.57. The molecule has 0 atom stereocenters. The zero-order valence-electron chi connectivity index (χ0n) is 18.1. The van der Waals surface area contributed by atoms with Gasteiger partial charge >= 0.3 is 0 Å². The molecule has 0 amide bonds. The van der Waals surface area contributed by atoms with E-state index in [9.17, 15) is 4.79 Å². The van der Waals surface area contributed by atoms with Crippen molar-refractivity contribution in [3.8, 4) is 17.0 Å². The quantitative estimate of drug-likeness (QED) is 0.332. The van der Waals surface area contributed by atoms with Crippen LogP contribution in [0, 0.1) is 0 Å². The molecular formula is C28H23N3O2. The molecule has 3 heterocycles. The van der Waals surface area contributed by atoms with Crippen LogP contribution in [0.4, 0.5) is 0 Å². The van der Waals surface area contributed by atoms with Gasteiger partial charge in [0.1, 0.15) is 12.4 Å². The van der Waals surface area contributed by atoms with E-state index in [1.54, 1.807) is 18.7 Å². The van der Waals surface area contributed by atoms with E-state index in [0.29, 0.717) is 25.3 Å². The van der Waals surface area contributed by atoms with Gasteiger partial charge in [-0.15, -0.1) is 0 Å². The molecule has 0 radical (unpaired) electrons. The van der Waals surface area contributed by atoms with Crippen molar-refractivity contribution in [1.82, 2.24) is 14.4 Å². The van der Waals surface area contributed by atoms with Gasteiger partial charge in [0.05, 0.1) is 18.0 Å². The highest BCUT2D eigenvalue weighted by atomic mass is 16.5. The molecule has 0 saturated carbocycles. The number of imidazole rings is 1. The summed E-state index contributed by atoms with van der Waals surface area (Å²) in [5.74, 6) is 0.665. The maximum atomic E-state index is 13.0. The zero-order valence-corrected chi connectivity index (χ0v) is 18.1. The first-order chi connectivity index (χ1) is 16.3. The highest BCUT2D eigenvalue weighted by molar-refractivity contribution is 5.85. The molecule has 0 aliphatic rings. The van der Waals surface area contributed by atoms with E-state index in [4.69, 9.17) is 4.74 Å². The van der Waals surface area contributed by atoms with Crippen molar-refractivity contribution < 1.29 is 9.53 Å². The van der Waals surface area contributed by atoms with Gasteiger partial charge in [-0.2, -0.15) is 0 Å². The van der Waals surface area contributed by atoms with Gasteiger partial charge in [-0.3, -0.25) is 4.79 Å². The van der Waals surface area contributed by atoms with Gasteiger partial charge in [-0.1, -0.05) is 72.8 Å². The Balaban J connectivity index is 1.30. The number of hydrogen-bond donors (Lipinski definition) is 0. The number of ketones is 1. The van der Waals surface area contributed by atoms with Crippen LogP contribution in [-0.2, 0) is 24.2 Å². The van der Waals surface area contributed by atoms with Gasteiger partial charge in [0.15, 0.2) is 0 Å². The van der Waals surface area contributed by atoms with Crippen LogP contribution in [0.25, 0.3) is 16.6 Å². The molecule has 5 rings (SSSR count). The Morgan fingerprint density at radius 1 is 0.788 bits per heavy atom. The fourth-order valence-corrected chi connectivity index (χ4v) is 3.92. The molecule has 0 bridgehead atoms. The van der Waals surface area contributed by atoms with E-state index in [2.05, 4.69) is 28.2 Å². The number of carbonyl (C=O) groups is 1. The molecule has 5 nitrogen and oxygen atoms in total. The van der Waals surface area contributed by atoms with E-state index in [-0.39, 0.29) is 5.78 Å². The van der Waals surface area contributed by atoms with Crippen LogP contribution in [0.2, 0.25) is 0 Å². The van der Waals surface area contributed by atoms with E-state index in [1.807, 2.05) is 71.1 Å². The predicted octanol–water partition coefficient (Wildman–Crippen LogP) is 5.33. The van der Waals surface area contributed by atoms with Crippen LogP contribution < -0.4 is 4.74 Å². The lowest BCUT2D eigenvalue weighted by molar-refractivity contribution is -0.117. The molecule has 5 heteroatoms. The third kappa shape index (κ3) is 4.83. The molecule has 2 aromatic carbocycles. The molecular weight excluding hydrogens is 410 g/mol. The molecule has 33 heavy (non-hydrogen) atoms. The van der Waals surface area contributed by atoms with E-state index >= 15 is 0 Å². The average molecular weight is 434 g/mol. The van der Waals surface area contributed by atoms with Crippen LogP contribution >= 0.6 is 0 Å². The lowest BCUT2D eigenvalue weighted by Crippen LogP contribution is -2.11. The molecule has 3 aromatic heterocycles. The van der Waals surface area contributed by atoms with Gasteiger partial charge in [0.2, 0.25) is 5.88 Å². The minimum atomic E-state index is 0.119. The topological polar surface area (TPSA) is 56.5 Å². The third-order valence-corrected chi connectivity index (χ3v) is 5.57. The first kappa shape index (κ1) is 20.6. The first-order valence-electron chi connectivity index (χ1n) is 10.9. The maximum Gasteiger partial charge on any atom is 0.213 e. The Bertz CT molecular complexity index is 1360. The Labute approximate surface area is 192 Å². The molecule has 0 unspecified atom stereocenters. The van der Waals surface area contributed by atoms with Crippen molar-refractivity contribution >= 4 is 11.3 Å². The van der Waals surface area contributed by atoms with Crippen molar-refractivity contribution in [3.63, 3.8) is 0 Å². The Morgan fingerprint density at radius 3 is 2.33 bits per heavy atom. The second-order valence-electron chi connectivity index (χ2n) is 7.92. The second kappa shape index (κ2) is 9.49. The van der Waals surface area contributed by atoms with Crippen LogP contribution in [0.1, 0.15) is 16.8 Å². The van der Waals surface area contributed by atoms with Crippen LogP contribution in [0.5, 0.6) is 5.88 Å². The summed E-state index contributed by atoms with van der Waals surface area (Å²) < 4.78 is 7.74. The average Bonchev–Trinajstić information content (AvgIpc) is 3.34. The largest absolute Gasteiger partial charge is 0.473 e. The number of aromatic nitrogens is 3. The number of benzene rings is 2. The smallest absolute Gasteiger partial charge is 0.213 e. The normalized spacial score (nSPS) is 10.9. The summed E-state index contributed by atoms with van der Waals surface area (Å²) >= 11 is 0. The molecule has 0 fully saturated rings. The summed E-state index contributed by atoms with van der Waals surface area (Å²) in [4.78, 5) is 21.7. The van der Waals surface area contributed by atoms with Gasteiger partial charge < -0.3 is 9.14 Å².